The molecule has 0 fully saturated rings. The van der Waals surface area contributed by atoms with Gasteiger partial charge in [0.15, 0.2) is 0 Å². The Balaban J connectivity index is 2.59. The molecular weight excluding hydrogens is 279 g/mol. The summed E-state index contributed by atoms with van der Waals surface area (Å²) >= 11 is 8.26. The smallest absolute Gasteiger partial charge is 0.139 e. The van der Waals surface area contributed by atoms with Gasteiger partial charge < -0.3 is 4.98 Å². The minimum absolute atomic E-state index is 0.292. The van der Waals surface area contributed by atoms with E-state index in [0.717, 1.165) is 5.56 Å². The lowest BCUT2D eigenvalue weighted by molar-refractivity contribution is 0.627. The van der Waals surface area contributed by atoms with E-state index in [4.69, 9.17) is 12.2 Å². The summed E-state index contributed by atoms with van der Waals surface area (Å²) in [6, 6.07) is 6.11. The molecule has 15 heavy (non-hydrogen) atoms. The number of nitrogens with one attached hydrogen (secondary N) is 1. The molecule has 0 saturated carbocycles. The molecule has 0 unspecified atom stereocenters. The Morgan fingerprint density at radius 1 is 1.33 bits per heavy atom. The second-order valence-electron chi connectivity index (χ2n) is 2.91. The van der Waals surface area contributed by atoms with Gasteiger partial charge in [0.1, 0.15) is 16.3 Å². The molecule has 0 aliphatic heterocycles. The van der Waals surface area contributed by atoms with Gasteiger partial charge in [-0.05, 0) is 40.2 Å². The fourth-order valence-electron chi connectivity index (χ4n) is 1.19. The van der Waals surface area contributed by atoms with Crippen molar-refractivity contribution in [2.75, 3.05) is 0 Å². The SMILES string of the molecule is Fc1ccc(-c2nccc(=S)[nH]2)c(Br)c1. The van der Waals surface area contributed by atoms with Crippen LogP contribution >= 0.6 is 28.1 Å². The molecule has 2 nitrogen and oxygen atoms in total. The summed E-state index contributed by atoms with van der Waals surface area (Å²) in [4.78, 5) is 7.06. The molecule has 2 rings (SSSR count). The lowest BCUT2D eigenvalue weighted by atomic mass is 10.2. The Morgan fingerprint density at radius 3 is 2.80 bits per heavy atom. The molecule has 0 amide bonds. The third-order valence-corrected chi connectivity index (χ3v) is 2.75. The highest BCUT2D eigenvalue weighted by Gasteiger charge is 2.05. The maximum Gasteiger partial charge on any atom is 0.139 e. The summed E-state index contributed by atoms with van der Waals surface area (Å²) in [7, 11) is 0. The van der Waals surface area contributed by atoms with Crippen molar-refractivity contribution >= 4 is 28.1 Å². The Hall–Kier alpha value is -1.07. The van der Waals surface area contributed by atoms with E-state index in [2.05, 4.69) is 25.9 Å². The zero-order valence-corrected chi connectivity index (χ0v) is 9.90. The highest BCUT2D eigenvalue weighted by molar-refractivity contribution is 9.10. The minimum atomic E-state index is -0.292. The maximum atomic E-state index is 12.9. The minimum Gasteiger partial charge on any atom is -0.331 e. The Kier molecular flexibility index (Phi) is 2.93. The predicted molar refractivity (Wildman–Crippen MR) is 62.5 cm³/mol. The van der Waals surface area contributed by atoms with E-state index >= 15 is 0 Å². The molecule has 76 valence electrons. The number of hydrogen-bond acceptors (Lipinski definition) is 2. The van der Waals surface area contributed by atoms with Crippen LogP contribution in [0.15, 0.2) is 34.9 Å². The van der Waals surface area contributed by atoms with Gasteiger partial charge >= 0.3 is 0 Å². The van der Waals surface area contributed by atoms with Crippen LogP contribution in [0.1, 0.15) is 0 Å². The van der Waals surface area contributed by atoms with E-state index < -0.39 is 0 Å². The predicted octanol–water partition coefficient (Wildman–Crippen LogP) is 3.71. The third kappa shape index (κ3) is 2.30. The van der Waals surface area contributed by atoms with Crippen LogP contribution in [0.25, 0.3) is 11.4 Å². The van der Waals surface area contributed by atoms with Crippen LogP contribution in [-0.4, -0.2) is 9.97 Å². The van der Waals surface area contributed by atoms with Gasteiger partial charge in [-0.3, -0.25) is 0 Å². The van der Waals surface area contributed by atoms with E-state index in [-0.39, 0.29) is 5.82 Å². The summed E-state index contributed by atoms with van der Waals surface area (Å²) in [5.41, 5.74) is 0.781. The van der Waals surface area contributed by atoms with Crippen LogP contribution in [0.2, 0.25) is 0 Å². The molecule has 1 N–H and O–H groups in total. The monoisotopic (exact) mass is 284 g/mol. The van der Waals surface area contributed by atoms with Crippen molar-refractivity contribution in [3.8, 4) is 11.4 Å². The van der Waals surface area contributed by atoms with Crippen LogP contribution in [0.5, 0.6) is 0 Å². The number of H-pyrrole nitrogens is 1. The van der Waals surface area contributed by atoms with Crippen LogP contribution in [-0.2, 0) is 0 Å². The highest BCUT2D eigenvalue weighted by Crippen LogP contribution is 2.25. The van der Waals surface area contributed by atoms with Crippen molar-refractivity contribution < 1.29 is 4.39 Å². The van der Waals surface area contributed by atoms with Gasteiger partial charge in [0, 0.05) is 16.2 Å². The largest absolute Gasteiger partial charge is 0.331 e. The topological polar surface area (TPSA) is 28.7 Å². The zero-order valence-electron chi connectivity index (χ0n) is 7.50. The fourth-order valence-corrected chi connectivity index (χ4v) is 1.88. The average molecular weight is 285 g/mol. The van der Waals surface area contributed by atoms with E-state index in [9.17, 15) is 4.39 Å². The molecule has 0 aliphatic rings. The molecule has 0 bridgehead atoms. The summed E-state index contributed by atoms with van der Waals surface area (Å²) in [5, 5.41) is 0. The first-order valence-electron chi connectivity index (χ1n) is 4.17. The second kappa shape index (κ2) is 4.20. The second-order valence-corrected chi connectivity index (χ2v) is 4.20. The van der Waals surface area contributed by atoms with Gasteiger partial charge in [0.2, 0.25) is 0 Å². The standard InChI is InChI=1S/C10H6BrFN2S/c11-8-5-6(12)1-2-7(8)10-13-4-3-9(15)14-10/h1-5H,(H,13,14,15). The summed E-state index contributed by atoms with van der Waals surface area (Å²) in [5.74, 6) is 0.328. The van der Waals surface area contributed by atoms with Gasteiger partial charge in [-0.2, -0.15) is 0 Å². The Labute approximate surface area is 99.3 Å². The molecule has 0 aliphatic carbocycles. The van der Waals surface area contributed by atoms with Crippen molar-refractivity contribution in [3.63, 3.8) is 0 Å². The molecular formula is C10H6BrFN2S. The number of rotatable bonds is 1. The van der Waals surface area contributed by atoms with Gasteiger partial charge in [-0.25, -0.2) is 9.37 Å². The summed E-state index contributed by atoms with van der Waals surface area (Å²) in [6.45, 7) is 0. The molecule has 0 radical (unpaired) electrons. The number of aromatic nitrogens is 2. The van der Waals surface area contributed by atoms with E-state index in [1.807, 2.05) is 0 Å². The molecule has 0 atom stereocenters. The fraction of sp³-hybridized carbons (Fsp3) is 0. The van der Waals surface area contributed by atoms with Crippen molar-refractivity contribution in [2.24, 2.45) is 0 Å². The number of nitrogens with zero attached hydrogens (tertiary/aromatic N) is 1. The Morgan fingerprint density at radius 2 is 2.13 bits per heavy atom. The molecule has 5 heteroatoms. The number of hydrogen-bond donors (Lipinski definition) is 1. The van der Waals surface area contributed by atoms with Gasteiger partial charge in [0.05, 0.1) is 0 Å². The van der Waals surface area contributed by atoms with E-state index in [1.54, 1.807) is 18.3 Å². The van der Waals surface area contributed by atoms with Gasteiger partial charge in [-0.15, -0.1) is 0 Å². The van der Waals surface area contributed by atoms with E-state index in [0.29, 0.717) is 14.9 Å². The summed E-state index contributed by atoms with van der Waals surface area (Å²) in [6.07, 6.45) is 1.62. The molecule has 0 saturated heterocycles. The van der Waals surface area contributed by atoms with Crippen molar-refractivity contribution in [2.45, 2.75) is 0 Å². The van der Waals surface area contributed by atoms with Crippen molar-refractivity contribution in [3.05, 3.63) is 45.4 Å². The maximum absolute atomic E-state index is 12.9. The molecule has 1 aromatic heterocycles. The molecule has 2 aromatic rings. The average Bonchev–Trinajstić information content (AvgIpc) is 2.17. The van der Waals surface area contributed by atoms with Crippen LogP contribution in [0, 0.1) is 10.5 Å². The normalized spacial score (nSPS) is 10.3. The molecule has 0 spiro atoms. The molecule has 1 aromatic carbocycles. The third-order valence-electron chi connectivity index (χ3n) is 1.86. The first kappa shape index (κ1) is 10.4. The van der Waals surface area contributed by atoms with Crippen LogP contribution in [0.3, 0.4) is 0 Å². The van der Waals surface area contributed by atoms with Gasteiger partial charge in [-0.1, -0.05) is 12.2 Å². The van der Waals surface area contributed by atoms with Crippen LogP contribution in [0.4, 0.5) is 4.39 Å². The summed E-state index contributed by atoms with van der Waals surface area (Å²) < 4.78 is 14.1. The van der Waals surface area contributed by atoms with Gasteiger partial charge in [0.25, 0.3) is 0 Å². The van der Waals surface area contributed by atoms with Crippen LogP contribution < -0.4 is 0 Å². The number of aromatic amines is 1. The lowest BCUT2D eigenvalue weighted by Crippen LogP contribution is -1.89. The zero-order chi connectivity index (χ0) is 10.8. The van der Waals surface area contributed by atoms with E-state index in [1.165, 1.54) is 12.1 Å². The number of benzene rings is 1. The first-order chi connectivity index (χ1) is 7.16. The number of halogens is 2. The van der Waals surface area contributed by atoms with Crippen molar-refractivity contribution in [1.82, 2.24) is 9.97 Å². The first-order valence-corrected chi connectivity index (χ1v) is 5.38. The Bertz CT molecular complexity index is 553. The van der Waals surface area contributed by atoms with Crippen molar-refractivity contribution in [1.29, 1.82) is 0 Å². The lowest BCUT2D eigenvalue weighted by Gasteiger charge is -2.03. The quantitative estimate of drug-likeness (QED) is 0.809. The highest BCUT2D eigenvalue weighted by atomic mass is 79.9. The molecule has 1 heterocycles.